The van der Waals surface area contributed by atoms with Gasteiger partial charge in [-0.05, 0) is 97.1 Å². The summed E-state index contributed by atoms with van der Waals surface area (Å²) < 4.78 is 13.5. The zero-order valence-electron chi connectivity index (χ0n) is 27.8. The molecule has 2 nitrogen and oxygen atoms in total. The molecule has 8 rings (SSSR count). The van der Waals surface area contributed by atoms with Crippen LogP contribution in [0.3, 0.4) is 0 Å². The molecular formula is C46H38O2P2+2. The molecule has 50 heavy (non-hydrogen) atoms. The summed E-state index contributed by atoms with van der Waals surface area (Å²) in [5.41, 5.74) is 0. The Morgan fingerprint density at radius 2 is 0.480 bits per heavy atom. The maximum absolute atomic E-state index is 6.73. The van der Waals surface area contributed by atoms with E-state index in [0.29, 0.717) is 0 Å². The van der Waals surface area contributed by atoms with Gasteiger partial charge in [0, 0.05) is 0 Å². The van der Waals surface area contributed by atoms with E-state index in [1.165, 1.54) is 31.8 Å². The van der Waals surface area contributed by atoms with E-state index in [0.717, 1.165) is 35.4 Å². The van der Waals surface area contributed by atoms with E-state index in [-0.39, 0.29) is 0 Å². The number of furan rings is 2. The summed E-state index contributed by atoms with van der Waals surface area (Å²) in [4.78, 5) is 0. The highest BCUT2D eigenvalue weighted by Crippen LogP contribution is 2.59. The van der Waals surface area contributed by atoms with Gasteiger partial charge in [-0.3, -0.25) is 0 Å². The Hall–Kier alpha value is -5.26. The van der Waals surface area contributed by atoms with E-state index in [4.69, 9.17) is 8.83 Å². The van der Waals surface area contributed by atoms with Crippen LogP contribution in [0.25, 0.3) is 11.5 Å². The lowest BCUT2D eigenvalue weighted by atomic mass is 10.3. The first-order chi connectivity index (χ1) is 24.8. The van der Waals surface area contributed by atoms with Crippen LogP contribution in [-0.4, -0.2) is 0 Å². The van der Waals surface area contributed by atoms with Crippen LogP contribution in [0.2, 0.25) is 0 Å². The van der Waals surface area contributed by atoms with E-state index in [9.17, 15) is 0 Å². The number of rotatable bonds is 11. The number of hydrogen-bond acceptors (Lipinski definition) is 2. The molecule has 0 aliphatic rings. The average Bonchev–Trinajstić information content (AvgIpc) is 3.88. The Kier molecular flexibility index (Phi) is 9.15. The van der Waals surface area contributed by atoms with Crippen molar-refractivity contribution in [1.29, 1.82) is 0 Å². The largest absolute Gasteiger partial charge is 0.454 e. The van der Waals surface area contributed by atoms with Crippen LogP contribution < -0.4 is 31.8 Å². The van der Waals surface area contributed by atoms with Crippen molar-refractivity contribution in [2.45, 2.75) is 12.3 Å². The summed E-state index contributed by atoms with van der Waals surface area (Å²) in [6, 6.07) is 74.1. The Morgan fingerprint density at radius 1 is 0.260 bits per heavy atom. The molecule has 0 atom stereocenters. The van der Waals surface area contributed by atoms with Gasteiger partial charge in [-0.15, -0.1) is 0 Å². The summed E-state index contributed by atoms with van der Waals surface area (Å²) >= 11 is 0. The lowest BCUT2D eigenvalue weighted by Gasteiger charge is -2.27. The van der Waals surface area contributed by atoms with E-state index in [2.05, 4.69) is 206 Å². The van der Waals surface area contributed by atoms with E-state index in [1.807, 2.05) is 0 Å². The lowest BCUT2D eigenvalue weighted by Crippen LogP contribution is -2.32. The van der Waals surface area contributed by atoms with Gasteiger partial charge in [0.25, 0.3) is 0 Å². The van der Waals surface area contributed by atoms with Crippen LogP contribution in [-0.2, 0) is 12.3 Å². The van der Waals surface area contributed by atoms with Crippen molar-refractivity contribution in [3.05, 3.63) is 218 Å². The molecule has 6 aromatic carbocycles. The fraction of sp³-hybridized carbons (Fsp3) is 0.0435. The summed E-state index contributed by atoms with van der Waals surface area (Å²) in [5.74, 6) is 3.40. The molecule has 0 aliphatic heterocycles. The van der Waals surface area contributed by atoms with Crippen LogP contribution in [0.5, 0.6) is 0 Å². The SMILES string of the molecule is c1ccc([P+](Cc2ccc(-c3ccc(C[P+](c4ccccc4)(c4ccccc4)c4ccccc4)o3)o2)(c2ccccc2)c2ccccc2)cc1. The molecule has 4 heteroatoms. The van der Waals surface area contributed by atoms with Crippen molar-refractivity contribution >= 4 is 46.4 Å². The highest BCUT2D eigenvalue weighted by molar-refractivity contribution is 7.95. The highest BCUT2D eigenvalue weighted by atomic mass is 31.2. The van der Waals surface area contributed by atoms with Crippen molar-refractivity contribution in [2.24, 2.45) is 0 Å². The smallest absolute Gasteiger partial charge is 0.169 e. The predicted molar refractivity (Wildman–Crippen MR) is 214 cm³/mol. The fourth-order valence-electron chi connectivity index (χ4n) is 7.20. The topological polar surface area (TPSA) is 26.3 Å². The summed E-state index contributed by atoms with van der Waals surface area (Å²) in [7, 11) is -4.20. The minimum Gasteiger partial charge on any atom is -0.454 e. The Morgan fingerprint density at radius 3 is 0.700 bits per heavy atom. The predicted octanol–water partition coefficient (Wildman–Crippen LogP) is 9.53. The molecule has 0 radical (unpaired) electrons. The third-order valence-electron chi connectivity index (χ3n) is 9.53. The fourth-order valence-corrected chi connectivity index (χ4v) is 15.4. The van der Waals surface area contributed by atoms with Crippen LogP contribution in [0.1, 0.15) is 11.5 Å². The van der Waals surface area contributed by atoms with Gasteiger partial charge in [0.2, 0.25) is 0 Å². The van der Waals surface area contributed by atoms with Gasteiger partial charge in [0.05, 0.1) is 0 Å². The van der Waals surface area contributed by atoms with Crippen LogP contribution in [0.15, 0.2) is 215 Å². The second kappa shape index (κ2) is 14.3. The summed E-state index contributed by atoms with van der Waals surface area (Å²) in [6.45, 7) is 0. The van der Waals surface area contributed by atoms with Crippen molar-refractivity contribution in [3.8, 4) is 11.5 Å². The first-order valence-electron chi connectivity index (χ1n) is 17.0. The Labute approximate surface area is 295 Å². The molecule has 8 aromatic rings. The average molecular weight is 685 g/mol. The summed E-state index contributed by atoms with van der Waals surface area (Å²) in [5, 5.41) is 7.99. The lowest BCUT2D eigenvalue weighted by molar-refractivity contribution is 0.490. The van der Waals surface area contributed by atoms with Gasteiger partial charge in [-0.25, -0.2) is 0 Å². The minimum atomic E-state index is -2.10. The van der Waals surface area contributed by atoms with Gasteiger partial charge in [-0.1, -0.05) is 109 Å². The highest BCUT2D eigenvalue weighted by Gasteiger charge is 2.47. The molecule has 0 bridgehead atoms. The first-order valence-corrected chi connectivity index (χ1v) is 21.0. The van der Waals surface area contributed by atoms with Crippen LogP contribution in [0.4, 0.5) is 0 Å². The van der Waals surface area contributed by atoms with Crippen molar-refractivity contribution in [3.63, 3.8) is 0 Å². The zero-order chi connectivity index (χ0) is 33.6. The minimum absolute atomic E-state index is 0.751. The zero-order valence-corrected chi connectivity index (χ0v) is 29.5. The van der Waals surface area contributed by atoms with E-state index >= 15 is 0 Å². The van der Waals surface area contributed by atoms with Gasteiger partial charge in [0.1, 0.15) is 70.2 Å². The maximum atomic E-state index is 6.73. The van der Waals surface area contributed by atoms with Gasteiger partial charge in [-0.2, -0.15) is 0 Å². The molecular weight excluding hydrogens is 646 g/mol. The van der Waals surface area contributed by atoms with Crippen molar-refractivity contribution < 1.29 is 8.83 Å². The standard InChI is InChI=1S/C46H38O2P2/c1-7-19-39(20-8-1)49(40-21-9-2-10-22-40,41-23-11-3-12-24-41)35-37-31-33-45(47-37)46-34-32-38(48-46)36-50(42-25-13-4-14-26-42,43-27-15-5-16-28-43)44-29-17-6-18-30-44/h1-34H,35-36H2/q+2. The van der Waals surface area contributed by atoms with Gasteiger partial charge < -0.3 is 8.83 Å². The van der Waals surface area contributed by atoms with E-state index < -0.39 is 14.5 Å². The Balaban J connectivity index is 1.18. The normalized spacial score (nSPS) is 11.8. The number of benzene rings is 6. The van der Waals surface area contributed by atoms with E-state index in [1.54, 1.807) is 0 Å². The second-order valence-corrected chi connectivity index (χ2v) is 19.5. The third kappa shape index (κ3) is 6.07. The number of hydrogen-bond donors (Lipinski definition) is 0. The third-order valence-corrected chi connectivity index (χ3v) is 18.2. The maximum Gasteiger partial charge on any atom is 0.169 e. The first kappa shape index (κ1) is 32.0. The molecule has 2 heterocycles. The molecule has 0 spiro atoms. The molecule has 0 saturated heterocycles. The monoisotopic (exact) mass is 684 g/mol. The molecule has 0 aliphatic carbocycles. The molecule has 0 amide bonds. The molecule has 2 aromatic heterocycles. The molecule has 0 unspecified atom stereocenters. The van der Waals surface area contributed by atoms with Gasteiger partial charge >= 0.3 is 0 Å². The molecule has 0 saturated carbocycles. The molecule has 0 N–H and O–H groups in total. The van der Waals surface area contributed by atoms with Crippen LogP contribution in [0, 0.1) is 0 Å². The van der Waals surface area contributed by atoms with Crippen LogP contribution >= 0.6 is 14.5 Å². The summed E-state index contributed by atoms with van der Waals surface area (Å²) in [6.07, 6.45) is 1.53. The molecule has 242 valence electrons. The van der Waals surface area contributed by atoms with Crippen molar-refractivity contribution in [2.75, 3.05) is 0 Å². The second-order valence-electron chi connectivity index (χ2n) is 12.5. The quantitative estimate of drug-likeness (QED) is 0.127. The van der Waals surface area contributed by atoms with Gasteiger partial charge in [0.15, 0.2) is 11.5 Å². The van der Waals surface area contributed by atoms with Crippen molar-refractivity contribution in [1.82, 2.24) is 0 Å². The molecule has 0 fully saturated rings. The Bertz CT molecular complexity index is 1890.